The molecule has 6 heteroatoms. The average Bonchev–Trinajstić information content (AvgIpc) is 2.87. The number of urea groups is 1. The van der Waals surface area contributed by atoms with Gasteiger partial charge >= 0.3 is 6.03 Å². The number of amides is 3. The van der Waals surface area contributed by atoms with Crippen LogP contribution >= 0.6 is 0 Å². The molecule has 1 aromatic rings. The van der Waals surface area contributed by atoms with Crippen LogP contribution in [0.4, 0.5) is 4.79 Å². The molecule has 1 aliphatic heterocycles. The quantitative estimate of drug-likeness (QED) is 0.718. The normalized spacial score (nSPS) is 18.8. The molecule has 3 amide bonds. The summed E-state index contributed by atoms with van der Waals surface area (Å²) in [5, 5.41) is 11.8. The highest BCUT2D eigenvalue weighted by Crippen LogP contribution is 2.24. The van der Waals surface area contributed by atoms with Crippen LogP contribution in [-0.4, -0.2) is 46.4 Å². The first-order valence-electron chi connectivity index (χ1n) is 9.42. The van der Waals surface area contributed by atoms with Crippen LogP contribution in [0.2, 0.25) is 0 Å². The molecule has 0 aliphatic carbocycles. The molecule has 0 bridgehead atoms. The van der Waals surface area contributed by atoms with Gasteiger partial charge in [-0.25, -0.2) is 4.79 Å². The highest BCUT2D eigenvalue weighted by atomic mass is 16.3. The van der Waals surface area contributed by atoms with Crippen LogP contribution < -0.4 is 5.32 Å². The molecule has 2 atom stereocenters. The number of carbonyl (C=O) groups excluding carboxylic acids is 3. The standard InChI is InChI=1S/C21H30N2O4/c1-13(2)18(17(25)12-24)23-19(26)16(22-20(23)27)11-8-14-6-9-15(10-7-14)21(3,4)5/h6-7,9-10,13,16,18,24H,8,11-12H2,1-5H3,(H,22,27)/t16-,18+/m0/s1. The molecule has 6 nitrogen and oxygen atoms in total. The Morgan fingerprint density at radius 3 is 2.26 bits per heavy atom. The van der Waals surface area contributed by atoms with E-state index in [1.165, 1.54) is 5.56 Å². The minimum Gasteiger partial charge on any atom is -0.388 e. The lowest BCUT2D eigenvalue weighted by Crippen LogP contribution is -2.49. The third-order valence-corrected chi connectivity index (χ3v) is 4.99. The number of rotatable bonds is 7. The van der Waals surface area contributed by atoms with Crippen molar-refractivity contribution in [3.63, 3.8) is 0 Å². The molecular formula is C21H30N2O4. The number of nitrogens with one attached hydrogen (secondary N) is 1. The second-order valence-corrected chi connectivity index (χ2v) is 8.51. The lowest BCUT2D eigenvalue weighted by Gasteiger charge is -2.26. The summed E-state index contributed by atoms with van der Waals surface area (Å²) in [7, 11) is 0. The van der Waals surface area contributed by atoms with E-state index in [-0.39, 0.29) is 11.3 Å². The second kappa shape index (κ2) is 8.21. The maximum Gasteiger partial charge on any atom is 0.325 e. The number of nitrogens with zero attached hydrogens (tertiary/aromatic N) is 1. The Balaban J connectivity index is 2.05. The molecule has 0 unspecified atom stereocenters. The number of carbonyl (C=O) groups is 3. The largest absolute Gasteiger partial charge is 0.388 e. The van der Waals surface area contributed by atoms with Crippen molar-refractivity contribution in [2.75, 3.05) is 6.61 Å². The summed E-state index contributed by atoms with van der Waals surface area (Å²) in [6.45, 7) is 9.28. The van der Waals surface area contributed by atoms with Gasteiger partial charge in [-0.3, -0.25) is 14.5 Å². The Morgan fingerprint density at radius 1 is 1.19 bits per heavy atom. The summed E-state index contributed by atoms with van der Waals surface area (Å²) < 4.78 is 0. The van der Waals surface area contributed by atoms with Gasteiger partial charge in [0, 0.05) is 0 Å². The van der Waals surface area contributed by atoms with Crippen LogP contribution in [0, 0.1) is 5.92 Å². The molecule has 1 saturated heterocycles. The zero-order chi connectivity index (χ0) is 20.4. The van der Waals surface area contributed by atoms with Crippen molar-refractivity contribution in [3.05, 3.63) is 35.4 Å². The van der Waals surface area contributed by atoms with Gasteiger partial charge in [-0.15, -0.1) is 0 Å². The van der Waals surface area contributed by atoms with E-state index < -0.39 is 36.4 Å². The predicted octanol–water partition coefficient (Wildman–Crippen LogP) is 2.42. The van der Waals surface area contributed by atoms with Gasteiger partial charge in [0.05, 0.1) is 0 Å². The summed E-state index contributed by atoms with van der Waals surface area (Å²) >= 11 is 0. The molecule has 27 heavy (non-hydrogen) atoms. The van der Waals surface area contributed by atoms with Gasteiger partial charge in [0.15, 0.2) is 5.78 Å². The summed E-state index contributed by atoms with van der Waals surface area (Å²) in [6.07, 6.45) is 1.11. The summed E-state index contributed by atoms with van der Waals surface area (Å²) in [5.74, 6) is -1.18. The topological polar surface area (TPSA) is 86.7 Å². The van der Waals surface area contributed by atoms with Gasteiger partial charge in [0.1, 0.15) is 18.7 Å². The molecule has 1 heterocycles. The van der Waals surface area contributed by atoms with Gasteiger partial charge in [-0.05, 0) is 35.3 Å². The molecule has 0 radical (unpaired) electrons. The third kappa shape index (κ3) is 4.75. The van der Waals surface area contributed by atoms with E-state index >= 15 is 0 Å². The number of ketones is 1. The highest BCUT2D eigenvalue weighted by molar-refractivity contribution is 6.07. The maximum atomic E-state index is 12.7. The number of imide groups is 1. The molecule has 0 saturated carbocycles. The number of Topliss-reactive ketones (excluding diaryl/α,β-unsaturated/α-hetero) is 1. The Bertz CT molecular complexity index is 704. The zero-order valence-corrected chi connectivity index (χ0v) is 16.8. The van der Waals surface area contributed by atoms with Crippen LogP contribution in [-0.2, 0) is 21.4 Å². The first-order valence-corrected chi connectivity index (χ1v) is 9.42. The Hall–Kier alpha value is -2.21. The van der Waals surface area contributed by atoms with E-state index in [4.69, 9.17) is 5.11 Å². The lowest BCUT2D eigenvalue weighted by atomic mass is 9.86. The number of aryl methyl sites for hydroxylation is 1. The van der Waals surface area contributed by atoms with Crippen LogP contribution in [0.25, 0.3) is 0 Å². The third-order valence-electron chi connectivity index (χ3n) is 4.99. The molecule has 2 rings (SSSR count). The van der Waals surface area contributed by atoms with Crippen LogP contribution in [0.1, 0.15) is 52.2 Å². The fraction of sp³-hybridized carbons (Fsp3) is 0.571. The molecule has 1 aliphatic rings. The molecule has 1 aromatic carbocycles. The summed E-state index contributed by atoms with van der Waals surface area (Å²) in [4.78, 5) is 38.0. The van der Waals surface area contributed by atoms with Gasteiger partial charge in [-0.1, -0.05) is 58.9 Å². The van der Waals surface area contributed by atoms with Gasteiger partial charge < -0.3 is 10.4 Å². The van der Waals surface area contributed by atoms with Crippen molar-refractivity contribution in [1.82, 2.24) is 10.2 Å². The molecule has 2 N–H and O–H groups in total. The van der Waals surface area contributed by atoms with Crippen molar-refractivity contribution in [1.29, 1.82) is 0 Å². The molecule has 1 fully saturated rings. The zero-order valence-electron chi connectivity index (χ0n) is 16.8. The molecular weight excluding hydrogens is 344 g/mol. The highest BCUT2D eigenvalue weighted by Gasteiger charge is 2.45. The van der Waals surface area contributed by atoms with E-state index in [1.54, 1.807) is 13.8 Å². The van der Waals surface area contributed by atoms with Crippen molar-refractivity contribution in [3.8, 4) is 0 Å². The lowest BCUT2D eigenvalue weighted by molar-refractivity contribution is -0.137. The van der Waals surface area contributed by atoms with Crippen LogP contribution in [0.15, 0.2) is 24.3 Å². The van der Waals surface area contributed by atoms with Crippen molar-refractivity contribution in [2.24, 2.45) is 5.92 Å². The molecule has 0 aromatic heterocycles. The van der Waals surface area contributed by atoms with Crippen molar-refractivity contribution < 1.29 is 19.5 Å². The SMILES string of the molecule is CC(C)[C@H](C(=O)CO)N1C(=O)N[C@@H](CCc2ccc(C(C)(C)C)cc2)C1=O. The van der Waals surface area contributed by atoms with E-state index in [0.717, 1.165) is 10.5 Å². The number of hydrogen-bond donors (Lipinski definition) is 2. The predicted molar refractivity (Wildman–Crippen MR) is 103 cm³/mol. The fourth-order valence-corrected chi connectivity index (χ4v) is 3.40. The fourth-order valence-electron chi connectivity index (χ4n) is 3.40. The van der Waals surface area contributed by atoms with Crippen molar-refractivity contribution >= 4 is 17.7 Å². The Morgan fingerprint density at radius 2 is 1.78 bits per heavy atom. The van der Waals surface area contributed by atoms with Gasteiger partial charge in [0.25, 0.3) is 5.91 Å². The van der Waals surface area contributed by atoms with Crippen LogP contribution in [0.3, 0.4) is 0 Å². The van der Waals surface area contributed by atoms with Crippen LogP contribution in [0.5, 0.6) is 0 Å². The second-order valence-electron chi connectivity index (χ2n) is 8.51. The monoisotopic (exact) mass is 374 g/mol. The van der Waals surface area contributed by atoms with Crippen molar-refractivity contribution in [2.45, 2.75) is 65.0 Å². The average molecular weight is 374 g/mol. The molecule has 148 valence electrons. The van der Waals surface area contributed by atoms with Gasteiger partial charge in [-0.2, -0.15) is 0 Å². The first kappa shape index (κ1) is 21.1. The number of aliphatic hydroxyl groups excluding tert-OH is 1. The Labute approximate surface area is 160 Å². The number of hydrogen-bond acceptors (Lipinski definition) is 4. The van der Waals surface area contributed by atoms with E-state index in [9.17, 15) is 14.4 Å². The van der Waals surface area contributed by atoms with E-state index in [1.807, 2.05) is 12.1 Å². The van der Waals surface area contributed by atoms with E-state index in [2.05, 4.69) is 38.2 Å². The summed E-state index contributed by atoms with van der Waals surface area (Å²) in [5.41, 5.74) is 2.42. The summed E-state index contributed by atoms with van der Waals surface area (Å²) in [6, 6.07) is 6.13. The van der Waals surface area contributed by atoms with E-state index in [0.29, 0.717) is 12.8 Å². The molecule has 0 spiro atoms. The smallest absolute Gasteiger partial charge is 0.325 e. The Kier molecular flexibility index (Phi) is 6.42. The minimum absolute atomic E-state index is 0.0829. The number of aliphatic hydroxyl groups is 1. The number of benzene rings is 1. The van der Waals surface area contributed by atoms with Gasteiger partial charge in [0.2, 0.25) is 0 Å². The first-order chi connectivity index (χ1) is 12.6. The maximum absolute atomic E-state index is 12.7. The minimum atomic E-state index is -0.932.